The molecular formula is C24H22N2O5. The first-order valence-corrected chi connectivity index (χ1v) is 9.71. The Kier molecular flexibility index (Phi) is 7.77. The molecule has 3 aromatic rings. The number of hydrogen-bond acceptors (Lipinski definition) is 5. The molecule has 0 spiro atoms. The van der Waals surface area contributed by atoms with Gasteiger partial charge in [-0.15, -0.1) is 0 Å². The number of ether oxygens (including phenoxy) is 1. The van der Waals surface area contributed by atoms with E-state index >= 15 is 0 Å². The number of nitrogens with one attached hydrogen (secondary N) is 2. The molecule has 0 bridgehead atoms. The Hall–Kier alpha value is -4.13. The first-order chi connectivity index (χ1) is 15.1. The van der Waals surface area contributed by atoms with E-state index in [0.717, 1.165) is 5.56 Å². The summed E-state index contributed by atoms with van der Waals surface area (Å²) >= 11 is 0. The summed E-state index contributed by atoms with van der Waals surface area (Å²) in [4.78, 5) is 37.0. The zero-order valence-electron chi connectivity index (χ0n) is 16.7. The minimum Gasteiger partial charge on any atom is -0.465 e. The van der Waals surface area contributed by atoms with Crippen molar-refractivity contribution >= 4 is 23.9 Å². The fraction of sp³-hybridized carbons (Fsp3) is 0.125. The summed E-state index contributed by atoms with van der Waals surface area (Å²) < 4.78 is 10.4. The van der Waals surface area contributed by atoms with Gasteiger partial charge in [0.1, 0.15) is 18.1 Å². The van der Waals surface area contributed by atoms with Crippen LogP contribution in [0.2, 0.25) is 0 Å². The fourth-order valence-electron chi connectivity index (χ4n) is 2.64. The lowest BCUT2D eigenvalue weighted by Crippen LogP contribution is -2.35. The van der Waals surface area contributed by atoms with Crippen LogP contribution in [-0.4, -0.2) is 24.3 Å². The summed E-state index contributed by atoms with van der Waals surface area (Å²) in [5.74, 6) is -1.01. The highest BCUT2D eigenvalue weighted by atomic mass is 16.5. The molecule has 0 atom stereocenters. The second kappa shape index (κ2) is 11.2. The van der Waals surface area contributed by atoms with E-state index in [4.69, 9.17) is 9.15 Å². The van der Waals surface area contributed by atoms with Gasteiger partial charge in [-0.1, -0.05) is 48.5 Å². The molecule has 0 saturated heterocycles. The number of esters is 1. The third-order valence-electron chi connectivity index (χ3n) is 4.22. The molecule has 0 fully saturated rings. The first-order valence-electron chi connectivity index (χ1n) is 9.71. The van der Waals surface area contributed by atoms with Crippen LogP contribution in [0.4, 0.5) is 0 Å². The van der Waals surface area contributed by atoms with E-state index in [1.165, 1.54) is 12.3 Å². The largest absolute Gasteiger partial charge is 0.465 e. The minimum atomic E-state index is -0.545. The van der Waals surface area contributed by atoms with Crippen molar-refractivity contribution in [3.8, 4) is 0 Å². The van der Waals surface area contributed by atoms with Gasteiger partial charge < -0.3 is 19.8 Å². The second-order valence-electron chi connectivity index (χ2n) is 6.55. The number of amides is 2. The van der Waals surface area contributed by atoms with Crippen molar-refractivity contribution in [3.63, 3.8) is 0 Å². The molecule has 0 saturated carbocycles. The minimum absolute atomic E-state index is 0.000757. The summed E-state index contributed by atoms with van der Waals surface area (Å²) in [7, 11) is 0. The highest BCUT2D eigenvalue weighted by Gasteiger charge is 2.15. The van der Waals surface area contributed by atoms with Crippen LogP contribution in [0.1, 0.15) is 28.1 Å². The van der Waals surface area contributed by atoms with E-state index in [-0.39, 0.29) is 25.3 Å². The zero-order chi connectivity index (χ0) is 21.9. The van der Waals surface area contributed by atoms with Gasteiger partial charge in [0.25, 0.3) is 11.8 Å². The molecule has 7 heteroatoms. The molecule has 0 aliphatic carbocycles. The predicted octanol–water partition coefficient (Wildman–Crippen LogP) is 3.30. The number of carbonyl (C=O) groups is 3. The highest BCUT2D eigenvalue weighted by molar-refractivity contribution is 6.05. The third-order valence-corrected chi connectivity index (χ3v) is 4.22. The quantitative estimate of drug-likeness (QED) is 0.410. The molecule has 0 radical (unpaired) electrons. The lowest BCUT2D eigenvalue weighted by molar-refractivity contribution is -0.144. The molecule has 7 nitrogen and oxygen atoms in total. The van der Waals surface area contributed by atoms with Crippen molar-refractivity contribution in [1.29, 1.82) is 0 Å². The lowest BCUT2D eigenvalue weighted by Gasteiger charge is -2.11. The van der Waals surface area contributed by atoms with E-state index in [0.29, 0.717) is 11.3 Å². The summed E-state index contributed by atoms with van der Waals surface area (Å²) in [5.41, 5.74) is 1.29. The number of rotatable bonds is 9. The Labute approximate surface area is 179 Å². The van der Waals surface area contributed by atoms with E-state index in [1.54, 1.807) is 42.5 Å². The Morgan fingerprint density at radius 3 is 2.29 bits per heavy atom. The van der Waals surface area contributed by atoms with Gasteiger partial charge in [0.2, 0.25) is 0 Å². The van der Waals surface area contributed by atoms with Gasteiger partial charge >= 0.3 is 5.97 Å². The molecule has 3 rings (SSSR count). The fourth-order valence-corrected chi connectivity index (χ4v) is 2.64. The topological polar surface area (TPSA) is 97.6 Å². The maximum absolute atomic E-state index is 12.6. The molecule has 31 heavy (non-hydrogen) atoms. The van der Waals surface area contributed by atoms with Crippen molar-refractivity contribution in [3.05, 3.63) is 102 Å². The zero-order valence-corrected chi connectivity index (χ0v) is 16.7. The van der Waals surface area contributed by atoms with Gasteiger partial charge in [-0.3, -0.25) is 14.4 Å². The van der Waals surface area contributed by atoms with E-state index in [9.17, 15) is 14.4 Å². The van der Waals surface area contributed by atoms with Crippen LogP contribution in [0.5, 0.6) is 0 Å². The van der Waals surface area contributed by atoms with Gasteiger partial charge in [-0.05, 0) is 29.8 Å². The van der Waals surface area contributed by atoms with E-state index < -0.39 is 17.8 Å². The van der Waals surface area contributed by atoms with Crippen molar-refractivity contribution in [1.82, 2.24) is 10.6 Å². The van der Waals surface area contributed by atoms with Crippen LogP contribution < -0.4 is 10.6 Å². The number of furan rings is 1. The van der Waals surface area contributed by atoms with Gasteiger partial charge in [0.15, 0.2) is 0 Å². The van der Waals surface area contributed by atoms with Crippen LogP contribution >= 0.6 is 0 Å². The normalized spacial score (nSPS) is 10.9. The molecule has 0 aliphatic heterocycles. The highest BCUT2D eigenvalue weighted by Crippen LogP contribution is 2.08. The van der Waals surface area contributed by atoms with Crippen molar-refractivity contribution in [2.24, 2.45) is 0 Å². The van der Waals surface area contributed by atoms with Gasteiger partial charge in [-0.25, -0.2) is 0 Å². The standard InChI is InChI=1S/C24H22N2O5/c27-22(31-17-18-8-3-1-4-9-18)13-14-25-24(29)21(16-20-12-7-15-30-20)26-23(28)19-10-5-2-6-11-19/h1-12,15-16H,13-14,17H2,(H,25,29)(H,26,28). The van der Waals surface area contributed by atoms with Crippen molar-refractivity contribution in [2.75, 3.05) is 6.54 Å². The van der Waals surface area contributed by atoms with Gasteiger partial charge in [-0.2, -0.15) is 0 Å². The maximum Gasteiger partial charge on any atom is 0.307 e. The van der Waals surface area contributed by atoms with Gasteiger partial charge in [0, 0.05) is 18.2 Å². The number of hydrogen-bond donors (Lipinski definition) is 2. The Balaban J connectivity index is 1.54. The molecule has 1 aromatic heterocycles. The average molecular weight is 418 g/mol. The van der Waals surface area contributed by atoms with Crippen molar-refractivity contribution < 1.29 is 23.5 Å². The van der Waals surface area contributed by atoms with Gasteiger partial charge in [0.05, 0.1) is 12.7 Å². The van der Waals surface area contributed by atoms with Crippen LogP contribution in [-0.2, 0) is 20.9 Å². The molecule has 0 aliphatic rings. The van der Waals surface area contributed by atoms with Crippen LogP contribution in [0.25, 0.3) is 6.08 Å². The summed E-state index contributed by atoms with van der Waals surface area (Å²) in [6, 6.07) is 21.2. The monoisotopic (exact) mass is 418 g/mol. The molecule has 2 aromatic carbocycles. The first kappa shape index (κ1) is 21.6. The molecular weight excluding hydrogens is 396 g/mol. The number of benzene rings is 2. The van der Waals surface area contributed by atoms with Crippen molar-refractivity contribution in [2.45, 2.75) is 13.0 Å². The van der Waals surface area contributed by atoms with Crippen LogP contribution in [0.3, 0.4) is 0 Å². The smallest absolute Gasteiger partial charge is 0.307 e. The van der Waals surface area contributed by atoms with E-state index in [1.807, 2.05) is 30.3 Å². The number of carbonyl (C=O) groups excluding carboxylic acids is 3. The Morgan fingerprint density at radius 1 is 0.903 bits per heavy atom. The maximum atomic E-state index is 12.6. The van der Waals surface area contributed by atoms with Crippen LogP contribution in [0.15, 0.2) is 89.2 Å². The van der Waals surface area contributed by atoms with E-state index in [2.05, 4.69) is 10.6 Å². The summed E-state index contributed by atoms with van der Waals surface area (Å²) in [6.45, 7) is 0.230. The SMILES string of the molecule is O=C(CCNC(=O)C(=Cc1ccco1)NC(=O)c1ccccc1)OCc1ccccc1. The molecule has 2 amide bonds. The predicted molar refractivity (Wildman–Crippen MR) is 114 cm³/mol. The third kappa shape index (κ3) is 7.01. The molecule has 2 N–H and O–H groups in total. The average Bonchev–Trinajstić information content (AvgIpc) is 3.31. The Morgan fingerprint density at radius 2 is 1.61 bits per heavy atom. The molecule has 1 heterocycles. The lowest BCUT2D eigenvalue weighted by atomic mass is 10.2. The molecule has 158 valence electrons. The Bertz CT molecular complexity index is 1030. The van der Waals surface area contributed by atoms with Crippen LogP contribution in [0, 0.1) is 0 Å². The second-order valence-corrected chi connectivity index (χ2v) is 6.55. The summed E-state index contributed by atoms with van der Waals surface area (Å²) in [6.07, 6.45) is 2.88. The molecule has 0 unspecified atom stereocenters. The summed E-state index contributed by atoms with van der Waals surface area (Å²) in [5, 5.41) is 5.21.